The molecule has 220 valence electrons. The molecule has 13 heteroatoms. The third-order valence-corrected chi connectivity index (χ3v) is 9.87. The second-order valence-corrected chi connectivity index (χ2v) is 12.8. The third kappa shape index (κ3) is 7.99. The standard InChI is InChI=1S/C26H37F3N2O7S/c1-30(39(33,34)18-20-3-4-20)21-9-14-37-25(15-21)10-12-31(13-11-25)24(32)38-23(26(27,28)29)17-36-16-19-5-7-22(35-2)8-6-19/h5-8,20-21,23H,3-4,9-18H2,1-2H3. The van der Waals surface area contributed by atoms with Crippen molar-refractivity contribution in [2.75, 3.05) is 46.2 Å². The lowest BCUT2D eigenvalue weighted by Gasteiger charge is -2.47. The number of nitrogens with zero attached hydrogens (tertiary/aromatic N) is 2. The molecule has 0 radical (unpaired) electrons. The molecule has 2 heterocycles. The second kappa shape index (κ2) is 12.2. The van der Waals surface area contributed by atoms with Crippen molar-refractivity contribution < 1.29 is 45.3 Å². The SMILES string of the molecule is COc1ccc(COCC(OC(=O)N2CCC3(CC2)CC(N(C)S(=O)(=O)CC2CC2)CCO3)C(F)(F)F)cc1. The predicted molar refractivity (Wildman–Crippen MR) is 136 cm³/mol. The van der Waals surface area contributed by atoms with Gasteiger partial charge in [0.05, 0.1) is 31.7 Å². The number of hydrogen-bond acceptors (Lipinski definition) is 7. The molecular weight excluding hydrogens is 541 g/mol. The molecule has 1 aromatic carbocycles. The number of sulfonamides is 1. The Hall–Kier alpha value is -2.09. The third-order valence-electron chi connectivity index (χ3n) is 7.80. The molecule has 3 aliphatic rings. The lowest BCUT2D eigenvalue weighted by atomic mass is 9.82. The van der Waals surface area contributed by atoms with Crippen LogP contribution in [0.15, 0.2) is 24.3 Å². The van der Waals surface area contributed by atoms with Crippen molar-refractivity contribution in [3.05, 3.63) is 29.8 Å². The first-order valence-corrected chi connectivity index (χ1v) is 14.8. The highest BCUT2D eigenvalue weighted by Gasteiger charge is 2.47. The minimum atomic E-state index is -4.79. The quantitative estimate of drug-likeness (QED) is 0.415. The first kappa shape index (κ1) is 29.9. The molecule has 1 aliphatic carbocycles. The number of hydrogen-bond donors (Lipinski definition) is 0. The maximum atomic E-state index is 13.6. The Morgan fingerprint density at radius 2 is 1.85 bits per heavy atom. The van der Waals surface area contributed by atoms with Crippen LogP contribution in [0.1, 0.15) is 44.1 Å². The monoisotopic (exact) mass is 578 g/mol. The van der Waals surface area contributed by atoms with Crippen LogP contribution >= 0.6 is 0 Å². The van der Waals surface area contributed by atoms with E-state index in [9.17, 15) is 26.4 Å². The number of halogens is 3. The van der Waals surface area contributed by atoms with Gasteiger partial charge in [0.15, 0.2) is 0 Å². The van der Waals surface area contributed by atoms with Gasteiger partial charge in [0.25, 0.3) is 0 Å². The van der Waals surface area contributed by atoms with E-state index in [0.717, 1.165) is 12.8 Å². The van der Waals surface area contributed by atoms with Crippen LogP contribution in [0, 0.1) is 5.92 Å². The summed E-state index contributed by atoms with van der Waals surface area (Å²) in [4.78, 5) is 13.9. The van der Waals surface area contributed by atoms with E-state index in [1.165, 1.54) is 16.3 Å². The van der Waals surface area contributed by atoms with Crippen molar-refractivity contribution in [3.63, 3.8) is 0 Å². The number of methoxy groups -OCH3 is 1. The van der Waals surface area contributed by atoms with E-state index in [4.69, 9.17) is 18.9 Å². The number of carbonyl (C=O) groups excluding carboxylic acids is 1. The summed E-state index contributed by atoms with van der Waals surface area (Å²) in [6, 6.07) is 6.49. The molecule has 1 amide bonds. The van der Waals surface area contributed by atoms with Crippen LogP contribution in [-0.2, 0) is 30.8 Å². The van der Waals surface area contributed by atoms with Crippen LogP contribution in [0.3, 0.4) is 0 Å². The fourth-order valence-electron chi connectivity index (χ4n) is 5.08. The van der Waals surface area contributed by atoms with E-state index in [1.807, 2.05) is 0 Å². The van der Waals surface area contributed by atoms with Crippen LogP contribution in [0.4, 0.5) is 18.0 Å². The van der Waals surface area contributed by atoms with Gasteiger partial charge in [-0.15, -0.1) is 0 Å². The molecule has 39 heavy (non-hydrogen) atoms. The van der Waals surface area contributed by atoms with Crippen molar-refractivity contribution >= 4 is 16.1 Å². The average Bonchev–Trinajstić information content (AvgIpc) is 3.71. The van der Waals surface area contributed by atoms with E-state index >= 15 is 0 Å². The molecule has 2 saturated heterocycles. The second-order valence-electron chi connectivity index (χ2n) is 10.7. The summed E-state index contributed by atoms with van der Waals surface area (Å²) in [5, 5.41) is 0. The Bertz CT molecular complexity index is 1070. The van der Waals surface area contributed by atoms with Gasteiger partial charge in [-0.3, -0.25) is 0 Å². The molecule has 0 bridgehead atoms. The van der Waals surface area contributed by atoms with Gasteiger partial charge in [-0.1, -0.05) is 12.1 Å². The topological polar surface area (TPSA) is 94.6 Å². The lowest BCUT2D eigenvalue weighted by molar-refractivity contribution is -0.220. The zero-order valence-electron chi connectivity index (χ0n) is 22.3. The summed E-state index contributed by atoms with van der Waals surface area (Å²) in [7, 11) is -0.239. The highest BCUT2D eigenvalue weighted by atomic mass is 32.2. The molecule has 1 aromatic rings. The Kier molecular flexibility index (Phi) is 9.34. The Morgan fingerprint density at radius 3 is 2.44 bits per heavy atom. The summed E-state index contributed by atoms with van der Waals surface area (Å²) >= 11 is 0. The van der Waals surface area contributed by atoms with Gasteiger partial charge >= 0.3 is 12.3 Å². The van der Waals surface area contributed by atoms with Crippen molar-refractivity contribution in [1.29, 1.82) is 0 Å². The van der Waals surface area contributed by atoms with Gasteiger partial charge in [-0.25, -0.2) is 17.5 Å². The van der Waals surface area contributed by atoms with E-state index in [2.05, 4.69) is 0 Å². The van der Waals surface area contributed by atoms with E-state index < -0.39 is 40.6 Å². The molecule has 1 saturated carbocycles. The molecule has 3 fully saturated rings. The summed E-state index contributed by atoms with van der Waals surface area (Å²) in [5.74, 6) is 1.02. The van der Waals surface area contributed by atoms with Crippen molar-refractivity contribution in [2.45, 2.75) is 69.1 Å². The number of ether oxygens (including phenoxy) is 4. The van der Waals surface area contributed by atoms with Gasteiger partial charge in [0.1, 0.15) is 5.75 Å². The zero-order chi connectivity index (χ0) is 28.3. The van der Waals surface area contributed by atoms with Crippen LogP contribution in [0.5, 0.6) is 5.75 Å². The maximum absolute atomic E-state index is 13.6. The number of rotatable bonds is 10. The summed E-state index contributed by atoms with van der Waals surface area (Å²) in [6.45, 7) is -0.210. The van der Waals surface area contributed by atoms with Gasteiger partial charge in [0.2, 0.25) is 16.1 Å². The van der Waals surface area contributed by atoms with E-state index in [0.29, 0.717) is 43.6 Å². The number of benzene rings is 1. The summed E-state index contributed by atoms with van der Waals surface area (Å²) in [5.41, 5.74) is 0.0367. The first-order chi connectivity index (χ1) is 18.4. The molecule has 0 aromatic heterocycles. The largest absolute Gasteiger partial charge is 0.497 e. The minimum absolute atomic E-state index is 0.0797. The molecule has 9 nitrogen and oxygen atoms in total. The number of alkyl halides is 3. The molecule has 1 spiro atoms. The fraction of sp³-hybridized carbons (Fsp3) is 0.731. The van der Waals surface area contributed by atoms with Crippen LogP contribution in [0.2, 0.25) is 0 Å². The smallest absolute Gasteiger partial charge is 0.427 e. The molecule has 0 N–H and O–H groups in total. The fourth-order valence-corrected chi connectivity index (χ4v) is 6.88. The van der Waals surface area contributed by atoms with Crippen molar-refractivity contribution in [2.24, 2.45) is 5.92 Å². The number of carbonyl (C=O) groups is 1. The van der Waals surface area contributed by atoms with Gasteiger partial charge in [0, 0.05) is 32.8 Å². The zero-order valence-corrected chi connectivity index (χ0v) is 23.1. The molecule has 2 unspecified atom stereocenters. The molecule has 2 atom stereocenters. The van der Waals surface area contributed by atoms with Crippen LogP contribution in [-0.4, -0.2) is 93.9 Å². The number of piperidine rings is 1. The van der Waals surface area contributed by atoms with Gasteiger partial charge in [-0.2, -0.15) is 13.2 Å². The maximum Gasteiger partial charge on any atom is 0.427 e. The predicted octanol–water partition coefficient (Wildman–Crippen LogP) is 3.96. The Labute approximate surface area is 227 Å². The van der Waals surface area contributed by atoms with E-state index in [1.54, 1.807) is 31.3 Å². The lowest BCUT2D eigenvalue weighted by Crippen LogP contribution is -2.55. The number of likely N-dealkylation sites (tertiary alicyclic amines) is 1. The van der Waals surface area contributed by atoms with Gasteiger partial charge < -0.3 is 23.8 Å². The highest BCUT2D eigenvalue weighted by molar-refractivity contribution is 7.89. The average molecular weight is 579 g/mol. The number of amides is 1. The molecular formula is C26H37F3N2O7S. The Morgan fingerprint density at radius 1 is 1.18 bits per heavy atom. The normalized spacial score (nSPS) is 22.6. The first-order valence-electron chi connectivity index (χ1n) is 13.2. The summed E-state index contributed by atoms with van der Waals surface area (Å²) in [6.07, 6.45) is -4.52. The highest BCUT2D eigenvalue weighted by Crippen LogP contribution is 2.38. The molecule has 4 rings (SSSR count). The van der Waals surface area contributed by atoms with Crippen LogP contribution in [0.25, 0.3) is 0 Å². The Balaban J connectivity index is 1.27. The van der Waals surface area contributed by atoms with Crippen molar-refractivity contribution in [3.8, 4) is 5.75 Å². The molecule has 2 aliphatic heterocycles. The minimum Gasteiger partial charge on any atom is -0.497 e. The van der Waals surface area contributed by atoms with Crippen molar-refractivity contribution in [1.82, 2.24) is 9.21 Å². The van der Waals surface area contributed by atoms with E-state index in [-0.39, 0.29) is 37.4 Å². The van der Waals surface area contributed by atoms with Crippen LogP contribution < -0.4 is 4.74 Å². The summed E-state index contributed by atoms with van der Waals surface area (Å²) < 4.78 is 88.9. The van der Waals surface area contributed by atoms with Gasteiger partial charge in [-0.05, 0) is 62.1 Å².